The van der Waals surface area contributed by atoms with Crippen LogP contribution >= 0.6 is 0 Å². The number of benzene rings is 3. The summed E-state index contributed by atoms with van der Waals surface area (Å²) in [5.41, 5.74) is 8.69. The molecule has 0 aliphatic rings. The monoisotopic (exact) mass is 816 g/mol. The van der Waals surface area contributed by atoms with Crippen LogP contribution < -0.4 is 27.0 Å². The molecule has 0 aliphatic carbocycles. The average Bonchev–Trinajstić information content (AvgIpc) is 3.22. The van der Waals surface area contributed by atoms with Gasteiger partial charge in [-0.2, -0.15) is 0 Å². The zero-order valence-corrected chi connectivity index (χ0v) is 35.0. The third-order valence-electron chi connectivity index (χ3n) is 9.15. The van der Waals surface area contributed by atoms with Crippen molar-refractivity contribution in [2.24, 2.45) is 17.6 Å². The van der Waals surface area contributed by atoms with Gasteiger partial charge in [-0.05, 0) is 60.6 Å². The van der Waals surface area contributed by atoms with Crippen molar-refractivity contribution in [3.05, 3.63) is 108 Å². The van der Waals surface area contributed by atoms with Gasteiger partial charge in [0.15, 0.2) is 0 Å². The van der Waals surface area contributed by atoms with Gasteiger partial charge < -0.3 is 46.1 Å². The van der Waals surface area contributed by atoms with Crippen molar-refractivity contribution in [1.82, 2.24) is 26.2 Å². The van der Waals surface area contributed by atoms with Crippen molar-refractivity contribution in [2.45, 2.75) is 97.7 Å². The number of amides is 5. The van der Waals surface area contributed by atoms with E-state index in [-0.39, 0.29) is 62.5 Å². The van der Waals surface area contributed by atoms with E-state index in [1.165, 1.54) is 0 Å². The lowest BCUT2D eigenvalue weighted by Crippen LogP contribution is -2.50. The fraction of sp³-hybridized carbons (Fsp3) is 0.489. The smallest absolute Gasteiger partial charge is 0.408 e. The van der Waals surface area contributed by atoms with Crippen LogP contribution in [0.1, 0.15) is 76.5 Å². The Balaban J connectivity index is 1.56. The number of hydrogen-bond donors (Lipinski definition) is 5. The highest BCUT2D eigenvalue weighted by molar-refractivity contribution is 5.86. The van der Waals surface area contributed by atoms with Crippen LogP contribution in [0.4, 0.5) is 9.59 Å². The van der Waals surface area contributed by atoms with E-state index < -0.39 is 30.3 Å². The molecule has 3 aromatic rings. The summed E-state index contributed by atoms with van der Waals surface area (Å²) in [6.45, 7) is 9.63. The molecule has 14 heteroatoms. The molecule has 322 valence electrons. The highest BCUT2D eigenvalue weighted by Gasteiger charge is 2.28. The molecule has 3 atom stereocenters. The Morgan fingerprint density at radius 1 is 0.576 bits per heavy atom. The lowest BCUT2D eigenvalue weighted by atomic mass is 10.0. The Labute approximate surface area is 349 Å². The van der Waals surface area contributed by atoms with Gasteiger partial charge >= 0.3 is 12.2 Å². The van der Waals surface area contributed by atoms with Gasteiger partial charge in [0, 0.05) is 26.2 Å². The Bertz CT molecular complexity index is 1680. The number of nitrogens with zero attached hydrogens (tertiary/aromatic N) is 1. The minimum absolute atomic E-state index is 0.0601. The Hall–Kier alpha value is -5.47. The minimum atomic E-state index is -0.844. The van der Waals surface area contributed by atoms with Crippen molar-refractivity contribution < 1.29 is 38.2 Å². The normalized spacial score (nSPS) is 12.5. The number of alkyl carbamates (subject to hydrolysis) is 2. The molecule has 3 aromatic carbocycles. The molecular formula is C45H64N6O8. The van der Waals surface area contributed by atoms with Crippen LogP contribution in [0, 0.1) is 11.8 Å². The average molecular weight is 817 g/mol. The van der Waals surface area contributed by atoms with Gasteiger partial charge in [0.25, 0.3) is 0 Å². The van der Waals surface area contributed by atoms with Crippen molar-refractivity contribution >= 4 is 29.9 Å². The largest absolute Gasteiger partial charge is 0.445 e. The summed E-state index contributed by atoms with van der Waals surface area (Å²) in [6.07, 6.45) is 0.929. The maximum atomic E-state index is 14.1. The number of ether oxygens (including phenoxy) is 3. The SMILES string of the molecule is CC(C)C[C@H](NC(=O)OCc1ccccc1)C(=O)NCCCN(CCCCNC(=O)[C@@H](N)COCc1ccccc1)C(=O)[C@H](CC(C)C)NC(=O)OCc1ccccc1. The van der Waals surface area contributed by atoms with Crippen LogP contribution in [0.3, 0.4) is 0 Å². The predicted molar refractivity (Wildman–Crippen MR) is 227 cm³/mol. The first-order chi connectivity index (χ1) is 28.4. The van der Waals surface area contributed by atoms with Gasteiger partial charge in [-0.1, -0.05) is 119 Å². The van der Waals surface area contributed by atoms with Crippen molar-refractivity contribution in [1.29, 1.82) is 0 Å². The summed E-state index contributed by atoms with van der Waals surface area (Å²) in [6, 6.07) is 25.7. The van der Waals surface area contributed by atoms with E-state index in [4.69, 9.17) is 19.9 Å². The van der Waals surface area contributed by atoms with E-state index in [0.29, 0.717) is 51.8 Å². The van der Waals surface area contributed by atoms with Crippen molar-refractivity contribution in [3.63, 3.8) is 0 Å². The molecule has 3 rings (SSSR count). The zero-order chi connectivity index (χ0) is 42.8. The molecule has 6 N–H and O–H groups in total. The third-order valence-corrected chi connectivity index (χ3v) is 9.15. The van der Waals surface area contributed by atoms with Crippen LogP contribution in [0.25, 0.3) is 0 Å². The molecule has 0 fully saturated rings. The summed E-state index contributed by atoms with van der Waals surface area (Å²) >= 11 is 0. The molecule has 0 radical (unpaired) electrons. The molecule has 5 amide bonds. The maximum absolute atomic E-state index is 14.1. The number of carbonyl (C=O) groups excluding carboxylic acids is 5. The fourth-order valence-corrected chi connectivity index (χ4v) is 6.09. The minimum Gasteiger partial charge on any atom is -0.445 e. The second-order valence-electron chi connectivity index (χ2n) is 15.4. The highest BCUT2D eigenvalue weighted by atomic mass is 16.6. The summed E-state index contributed by atoms with van der Waals surface area (Å²) in [4.78, 5) is 67.2. The van der Waals surface area contributed by atoms with Gasteiger partial charge in [0.2, 0.25) is 17.7 Å². The van der Waals surface area contributed by atoms with E-state index in [0.717, 1.165) is 16.7 Å². The molecule has 14 nitrogen and oxygen atoms in total. The van der Waals surface area contributed by atoms with Crippen LogP contribution in [0.5, 0.6) is 0 Å². The number of nitrogens with two attached hydrogens (primary N) is 1. The Kier molecular flexibility index (Phi) is 22.1. The van der Waals surface area contributed by atoms with Gasteiger partial charge in [-0.3, -0.25) is 14.4 Å². The van der Waals surface area contributed by atoms with Gasteiger partial charge in [-0.25, -0.2) is 9.59 Å². The number of nitrogens with one attached hydrogen (secondary N) is 4. The summed E-state index contributed by atoms with van der Waals surface area (Å²) < 4.78 is 16.4. The van der Waals surface area contributed by atoms with E-state index in [1.807, 2.05) is 119 Å². The van der Waals surface area contributed by atoms with Crippen LogP contribution in [-0.4, -0.2) is 85.7 Å². The van der Waals surface area contributed by atoms with E-state index in [9.17, 15) is 24.0 Å². The predicted octanol–water partition coefficient (Wildman–Crippen LogP) is 5.44. The topological polar surface area (TPSA) is 190 Å². The maximum Gasteiger partial charge on any atom is 0.408 e. The van der Waals surface area contributed by atoms with E-state index in [1.54, 1.807) is 4.90 Å². The Morgan fingerprint density at radius 2 is 1.02 bits per heavy atom. The van der Waals surface area contributed by atoms with Crippen LogP contribution in [0.2, 0.25) is 0 Å². The molecule has 0 spiro atoms. The van der Waals surface area contributed by atoms with E-state index in [2.05, 4.69) is 21.3 Å². The number of hydrogen-bond acceptors (Lipinski definition) is 9. The van der Waals surface area contributed by atoms with Crippen molar-refractivity contribution in [3.8, 4) is 0 Å². The second kappa shape index (κ2) is 27.3. The molecule has 0 aliphatic heterocycles. The first-order valence-corrected chi connectivity index (χ1v) is 20.6. The quantitative estimate of drug-likeness (QED) is 0.0657. The number of unbranched alkanes of at least 4 members (excludes halogenated alkanes) is 1. The lowest BCUT2D eigenvalue weighted by molar-refractivity contribution is -0.134. The lowest BCUT2D eigenvalue weighted by Gasteiger charge is -2.29. The van der Waals surface area contributed by atoms with Crippen LogP contribution in [0.15, 0.2) is 91.0 Å². The molecular weight excluding hydrogens is 753 g/mol. The number of rotatable bonds is 26. The molecule has 0 saturated heterocycles. The summed E-state index contributed by atoms with van der Waals surface area (Å²) in [5.74, 6) is -0.754. The standard InChI is InChI=1S/C45H64N6O8/c1-33(2)27-39(49-44(55)58-30-36-19-10-6-11-20-36)42(53)48-24-16-26-51(25-15-14-23-47-41(52)38(46)32-57-29-35-17-8-5-9-18-35)43(54)40(28-34(3)4)50-45(56)59-31-37-21-12-7-13-22-37/h5-13,17-22,33-34,38-40H,14-16,23-32,46H2,1-4H3,(H,47,52)(H,48,53)(H,49,55)(H,50,56)/t38-,39-,40-/m0/s1. The molecule has 0 heterocycles. The van der Waals surface area contributed by atoms with Gasteiger partial charge in [-0.15, -0.1) is 0 Å². The molecule has 0 bridgehead atoms. The zero-order valence-electron chi connectivity index (χ0n) is 35.0. The Morgan fingerprint density at radius 3 is 1.54 bits per heavy atom. The van der Waals surface area contributed by atoms with Gasteiger partial charge in [0.1, 0.15) is 31.3 Å². The second-order valence-corrected chi connectivity index (χ2v) is 15.4. The molecule has 0 saturated carbocycles. The molecule has 59 heavy (non-hydrogen) atoms. The summed E-state index contributed by atoms with van der Waals surface area (Å²) in [5, 5.41) is 11.2. The fourth-order valence-electron chi connectivity index (χ4n) is 6.09. The molecule has 0 aromatic heterocycles. The summed E-state index contributed by atoms with van der Waals surface area (Å²) in [7, 11) is 0. The first-order valence-electron chi connectivity index (χ1n) is 20.6. The van der Waals surface area contributed by atoms with E-state index >= 15 is 0 Å². The van der Waals surface area contributed by atoms with Crippen LogP contribution in [-0.2, 0) is 48.4 Å². The highest BCUT2D eigenvalue weighted by Crippen LogP contribution is 2.12. The van der Waals surface area contributed by atoms with Crippen molar-refractivity contribution in [2.75, 3.05) is 32.8 Å². The number of carbonyl (C=O) groups is 5. The molecule has 0 unspecified atom stereocenters. The third kappa shape index (κ3) is 20.2. The first kappa shape index (κ1) is 47.9. The van der Waals surface area contributed by atoms with Gasteiger partial charge in [0.05, 0.1) is 13.2 Å².